The molecule has 4 amide bonds. The van der Waals surface area contributed by atoms with Gasteiger partial charge in [-0.05, 0) is 43.4 Å². The van der Waals surface area contributed by atoms with Gasteiger partial charge >= 0.3 is 6.03 Å². The molecule has 1 aromatic rings. The molecular formula is C20H26N4O3. The summed E-state index contributed by atoms with van der Waals surface area (Å²) >= 11 is 0. The van der Waals surface area contributed by atoms with Crippen LogP contribution in [-0.2, 0) is 11.3 Å². The topological polar surface area (TPSA) is 90.5 Å². The zero-order chi connectivity index (χ0) is 19.2. The van der Waals surface area contributed by atoms with Crippen molar-refractivity contribution >= 4 is 17.8 Å². The van der Waals surface area contributed by atoms with Crippen molar-refractivity contribution in [2.45, 2.75) is 44.3 Å². The summed E-state index contributed by atoms with van der Waals surface area (Å²) in [6, 6.07) is 7.68. The van der Waals surface area contributed by atoms with Crippen molar-refractivity contribution in [3.8, 4) is 0 Å². The number of benzene rings is 1. The van der Waals surface area contributed by atoms with Gasteiger partial charge < -0.3 is 10.6 Å². The highest BCUT2D eigenvalue weighted by atomic mass is 16.2. The van der Waals surface area contributed by atoms with Gasteiger partial charge in [0.15, 0.2) is 0 Å². The van der Waals surface area contributed by atoms with E-state index in [2.05, 4.69) is 27.4 Å². The van der Waals surface area contributed by atoms with Gasteiger partial charge in [-0.3, -0.25) is 19.8 Å². The van der Waals surface area contributed by atoms with Crippen molar-refractivity contribution in [3.63, 3.8) is 0 Å². The minimum absolute atomic E-state index is 0.0342. The summed E-state index contributed by atoms with van der Waals surface area (Å²) in [6.07, 6.45) is 5.78. The van der Waals surface area contributed by atoms with Crippen LogP contribution >= 0.6 is 0 Å². The number of carbonyl (C=O) groups is 3. The molecule has 27 heavy (non-hydrogen) atoms. The van der Waals surface area contributed by atoms with Crippen LogP contribution in [0.1, 0.15) is 41.6 Å². The van der Waals surface area contributed by atoms with E-state index < -0.39 is 6.03 Å². The summed E-state index contributed by atoms with van der Waals surface area (Å²) < 4.78 is 0. The lowest BCUT2D eigenvalue weighted by Gasteiger charge is -2.21. The Morgan fingerprint density at radius 2 is 1.81 bits per heavy atom. The Labute approximate surface area is 159 Å². The fourth-order valence-electron chi connectivity index (χ4n) is 2.81. The van der Waals surface area contributed by atoms with Gasteiger partial charge in [0, 0.05) is 30.7 Å². The van der Waals surface area contributed by atoms with Crippen LogP contribution in [0.4, 0.5) is 4.79 Å². The zero-order valence-corrected chi connectivity index (χ0v) is 15.4. The van der Waals surface area contributed by atoms with E-state index in [1.165, 1.54) is 0 Å². The summed E-state index contributed by atoms with van der Waals surface area (Å²) in [5.41, 5.74) is 1.69. The number of amides is 4. The molecule has 2 aliphatic rings. The molecule has 0 bridgehead atoms. The SMILES string of the molecule is C=CCNC(=O)NC(=O)CN(Cc1ccc(C(=O)NC2CC2)cc1)C1CC1. The van der Waals surface area contributed by atoms with Crippen molar-refractivity contribution in [1.29, 1.82) is 0 Å². The van der Waals surface area contributed by atoms with Gasteiger partial charge in [0.25, 0.3) is 5.91 Å². The maximum atomic E-state index is 12.1. The predicted octanol–water partition coefficient (Wildman–Crippen LogP) is 1.55. The Bertz CT molecular complexity index is 708. The second-order valence-electron chi connectivity index (χ2n) is 7.13. The first-order valence-electron chi connectivity index (χ1n) is 9.37. The van der Waals surface area contributed by atoms with E-state index in [0.717, 1.165) is 31.2 Å². The van der Waals surface area contributed by atoms with Gasteiger partial charge in [-0.15, -0.1) is 6.58 Å². The smallest absolute Gasteiger partial charge is 0.321 e. The molecule has 3 N–H and O–H groups in total. The number of nitrogens with zero attached hydrogens (tertiary/aromatic N) is 1. The van der Waals surface area contributed by atoms with Gasteiger partial charge in [0.1, 0.15) is 0 Å². The van der Waals surface area contributed by atoms with Crippen molar-refractivity contribution in [3.05, 3.63) is 48.0 Å². The van der Waals surface area contributed by atoms with Gasteiger partial charge in [-0.2, -0.15) is 0 Å². The molecule has 0 aliphatic heterocycles. The second kappa shape index (κ2) is 8.81. The van der Waals surface area contributed by atoms with E-state index in [0.29, 0.717) is 30.7 Å². The van der Waals surface area contributed by atoms with E-state index in [9.17, 15) is 14.4 Å². The van der Waals surface area contributed by atoms with Crippen LogP contribution in [0.2, 0.25) is 0 Å². The van der Waals surface area contributed by atoms with Crippen LogP contribution in [0.15, 0.2) is 36.9 Å². The van der Waals surface area contributed by atoms with E-state index in [1.54, 1.807) is 6.08 Å². The molecule has 1 aromatic carbocycles. The van der Waals surface area contributed by atoms with E-state index in [4.69, 9.17) is 0 Å². The van der Waals surface area contributed by atoms with Gasteiger partial charge in [-0.25, -0.2) is 4.79 Å². The van der Waals surface area contributed by atoms with Crippen LogP contribution in [0.3, 0.4) is 0 Å². The third-order valence-electron chi connectivity index (χ3n) is 4.58. The fourth-order valence-corrected chi connectivity index (χ4v) is 2.81. The van der Waals surface area contributed by atoms with Gasteiger partial charge in [-0.1, -0.05) is 18.2 Å². The normalized spacial score (nSPS) is 15.9. The molecule has 0 radical (unpaired) electrons. The highest BCUT2D eigenvalue weighted by Gasteiger charge is 2.30. The van der Waals surface area contributed by atoms with Gasteiger partial charge in [0.2, 0.25) is 5.91 Å². The molecule has 2 fully saturated rings. The number of imide groups is 1. The number of nitrogens with one attached hydrogen (secondary N) is 3. The number of carbonyl (C=O) groups excluding carboxylic acids is 3. The van der Waals surface area contributed by atoms with Crippen LogP contribution in [-0.4, -0.2) is 47.9 Å². The largest absolute Gasteiger partial charge is 0.349 e. The molecule has 0 heterocycles. The van der Waals surface area contributed by atoms with Gasteiger partial charge in [0.05, 0.1) is 6.54 Å². The Morgan fingerprint density at radius 3 is 2.41 bits per heavy atom. The second-order valence-corrected chi connectivity index (χ2v) is 7.13. The third-order valence-corrected chi connectivity index (χ3v) is 4.58. The van der Waals surface area contributed by atoms with Crippen molar-refractivity contribution < 1.29 is 14.4 Å². The van der Waals surface area contributed by atoms with Crippen molar-refractivity contribution in [2.75, 3.05) is 13.1 Å². The summed E-state index contributed by atoms with van der Waals surface area (Å²) in [5.74, 6) is -0.364. The van der Waals surface area contributed by atoms with E-state index in [1.807, 2.05) is 24.3 Å². The molecule has 0 aromatic heterocycles. The quantitative estimate of drug-likeness (QED) is 0.576. The minimum Gasteiger partial charge on any atom is -0.349 e. The van der Waals surface area contributed by atoms with Crippen LogP contribution < -0.4 is 16.0 Å². The third kappa shape index (κ3) is 6.21. The molecule has 144 valence electrons. The van der Waals surface area contributed by atoms with Crippen molar-refractivity contribution in [2.24, 2.45) is 0 Å². The molecule has 0 atom stereocenters. The molecule has 0 saturated heterocycles. The molecule has 2 aliphatic carbocycles. The Kier molecular flexibility index (Phi) is 6.24. The number of hydrogen-bond donors (Lipinski definition) is 3. The van der Waals surface area contributed by atoms with E-state index in [-0.39, 0.29) is 18.4 Å². The molecule has 7 heteroatoms. The first kappa shape index (κ1) is 19.1. The molecule has 2 saturated carbocycles. The number of rotatable bonds is 9. The summed E-state index contributed by atoms with van der Waals surface area (Å²) in [6.45, 7) is 4.59. The number of urea groups is 1. The maximum Gasteiger partial charge on any atom is 0.321 e. The molecule has 0 unspecified atom stereocenters. The average Bonchev–Trinajstić information content (AvgIpc) is 3.53. The average molecular weight is 370 g/mol. The minimum atomic E-state index is -0.512. The highest BCUT2D eigenvalue weighted by Crippen LogP contribution is 2.28. The van der Waals surface area contributed by atoms with Crippen LogP contribution in [0.5, 0.6) is 0 Å². The van der Waals surface area contributed by atoms with E-state index >= 15 is 0 Å². The number of hydrogen-bond acceptors (Lipinski definition) is 4. The molecular weight excluding hydrogens is 344 g/mol. The monoisotopic (exact) mass is 370 g/mol. The van der Waals surface area contributed by atoms with Crippen molar-refractivity contribution in [1.82, 2.24) is 20.9 Å². The molecule has 3 rings (SSSR count). The summed E-state index contributed by atoms with van der Waals surface area (Å²) in [5, 5.41) is 7.82. The summed E-state index contributed by atoms with van der Waals surface area (Å²) in [7, 11) is 0. The molecule has 7 nitrogen and oxygen atoms in total. The lowest BCUT2D eigenvalue weighted by atomic mass is 10.1. The zero-order valence-electron chi connectivity index (χ0n) is 15.4. The Morgan fingerprint density at radius 1 is 1.11 bits per heavy atom. The summed E-state index contributed by atoms with van der Waals surface area (Å²) in [4.78, 5) is 37.8. The Hall–Kier alpha value is -2.67. The predicted molar refractivity (Wildman–Crippen MR) is 102 cm³/mol. The lowest BCUT2D eigenvalue weighted by Crippen LogP contribution is -2.44. The molecule has 0 spiro atoms. The Balaban J connectivity index is 1.51. The standard InChI is InChI=1S/C20H26N4O3/c1-2-11-21-20(27)23-18(25)13-24(17-9-10-17)12-14-3-5-15(6-4-14)19(26)22-16-7-8-16/h2-6,16-17H,1,7-13H2,(H,22,26)(H2,21,23,25,27). The lowest BCUT2D eigenvalue weighted by molar-refractivity contribution is -0.121. The van der Waals surface area contributed by atoms with Crippen LogP contribution in [0, 0.1) is 0 Å². The van der Waals surface area contributed by atoms with Crippen LogP contribution in [0.25, 0.3) is 0 Å². The highest BCUT2D eigenvalue weighted by molar-refractivity contribution is 5.95. The first-order valence-corrected chi connectivity index (χ1v) is 9.37. The fraction of sp³-hybridized carbons (Fsp3) is 0.450. The first-order chi connectivity index (χ1) is 13.0. The maximum absolute atomic E-state index is 12.1.